The van der Waals surface area contributed by atoms with Gasteiger partial charge in [0.05, 0.1) is 11.4 Å². The van der Waals surface area contributed by atoms with E-state index in [9.17, 15) is 0 Å². The van der Waals surface area contributed by atoms with Crippen molar-refractivity contribution in [2.45, 2.75) is 96.6 Å². The van der Waals surface area contributed by atoms with Crippen LogP contribution in [-0.2, 0) is 10.8 Å². The molecular formula is C32H40N4. The average Bonchev–Trinajstić information content (AvgIpc) is 3.11. The number of hydrogen-bond acceptors (Lipinski definition) is 4. The molecule has 0 radical (unpaired) electrons. The third-order valence-corrected chi connectivity index (χ3v) is 9.25. The monoisotopic (exact) mass is 480 g/mol. The highest BCUT2D eigenvalue weighted by atomic mass is 15.5. The fourth-order valence-corrected chi connectivity index (χ4v) is 7.03. The lowest BCUT2D eigenvalue weighted by molar-refractivity contribution is 0.315. The van der Waals surface area contributed by atoms with E-state index in [1.165, 1.54) is 34.7 Å². The van der Waals surface area contributed by atoms with Crippen molar-refractivity contribution >= 4 is 23.0 Å². The molecule has 4 nitrogen and oxygen atoms in total. The second-order valence-corrected chi connectivity index (χ2v) is 12.4. The molecule has 0 amide bonds. The summed E-state index contributed by atoms with van der Waals surface area (Å²) < 4.78 is 0. The number of anilines is 4. The highest BCUT2D eigenvalue weighted by Gasteiger charge is 2.48. The summed E-state index contributed by atoms with van der Waals surface area (Å²) in [4.78, 5) is 16.1. The molecule has 0 bridgehead atoms. The molecule has 1 aromatic heterocycles. The van der Waals surface area contributed by atoms with Crippen molar-refractivity contribution < 1.29 is 0 Å². The molecule has 1 aliphatic carbocycles. The van der Waals surface area contributed by atoms with E-state index in [2.05, 4.69) is 106 Å². The minimum absolute atomic E-state index is 0.0197. The highest BCUT2D eigenvalue weighted by molar-refractivity contribution is 5.85. The first-order valence-corrected chi connectivity index (χ1v) is 13.9. The van der Waals surface area contributed by atoms with E-state index in [1.54, 1.807) is 0 Å². The molecule has 2 aromatic carbocycles. The van der Waals surface area contributed by atoms with Crippen molar-refractivity contribution in [3.8, 4) is 0 Å². The van der Waals surface area contributed by atoms with Crippen LogP contribution in [0.25, 0.3) is 0 Å². The maximum Gasteiger partial charge on any atom is 0.178 e. The first-order chi connectivity index (χ1) is 17.3. The highest BCUT2D eigenvalue weighted by Crippen LogP contribution is 2.55. The molecule has 3 atom stereocenters. The van der Waals surface area contributed by atoms with E-state index in [1.807, 2.05) is 0 Å². The second kappa shape index (κ2) is 8.33. The van der Waals surface area contributed by atoms with E-state index >= 15 is 0 Å². The zero-order valence-corrected chi connectivity index (χ0v) is 22.8. The molecule has 3 unspecified atom stereocenters. The van der Waals surface area contributed by atoms with Gasteiger partial charge >= 0.3 is 0 Å². The van der Waals surface area contributed by atoms with Gasteiger partial charge in [-0.3, -0.25) is 0 Å². The lowest BCUT2D eigenvalue weighted by Gasteiger charge is -2.40. The average molecular weight is 481 g/mol. The van der Waals surface area contributed by atoms with Crippen LogP contribution in [0.1, 0.15) is 96.5 Å². The third kappa shape index (κ3) is 3.40. The Hall–Kier alpha value is -2.88. The van der Waals surface area contributed by atoms with Gasteiger partial charge in [-0.05, 0) is 61.3 Å². The van der Waals surface area contributed by atoms with Gasteiger partial charge in [-0.1, -0.05) is 84.4 Å². The predicted octanol–water partition coefficient (Wildman–Crippen LogP) is 8.37. The molecule has 0 spiro atoms. The fourth-order valence-electron chi connectivity index (χ4n) is 7.03. The fraction of sp³-hybridized carbons (Fsp3) is 0.500. The zero-order chi connectivity index (χ0) is 25.2. The van der Waals surface area contributed by atoms with Crippen LogP contribution in [-0.4, -0.2) is 16.1 Å². The summed E-state index contributed by atoms with van der Waals surface area (Å²) in [5.74, 6) is 3.22. The van der Waals surface area contributed by atoms with Gasteiger partial charge in [-0.2, -0.15) is 0 Å². The Morgan fingerprint density at radius 1 is 0.750 bits per heavy atom. The van der Waals surface area contributed by atoms with Crippen LogP contribution in [0.15, 0.2) is 54.6 Å². The van der Waals surface area contributed by atoms with E-state index in [-0.39, 0.29) is 17.0 Å². The van der Waals surface area contributed by atoms with Crippen LogP contribution in [0.4, 0.5) is 23.0 Å². The van der Waals surface area contributed by atoms with Gasteiger partial charge in [0, 0.05) is 22.2 Å². The summed E-state index contributed by atoms with van der Waals surface area (Å²) in [6.45, 7) is 14.1. The van der Waals surface area contributed by atoms with Crippen molar-refractivity contribution in [3.63, 3.8) is 0 Å². The number of nitrogens with zero attached hydrogens (tertiary/aromatic N) is 4. The van der Waals surface area contributed by atoms with Gasteiger partial charge in [-0.25, -0.2) is 9.97 Å². The Kier molecular flexibility index (Phi) is 5.44. The van der Waals surface area contributed by atoms with Gasteiger partial charge in [0.15, 0.2) is 11.6 Å². The van der Waals surface area contributed by atoms with Crippen molar-refractivity contribution in [1.82, 2.24) is 9.97 Å². The quantitative estimate of drug-likeness (QED) is 0.377. The van der Waals surface area contributed by atoms with Gasteiger partial charge in [0.1, 0.15) is 6.17 Å². The molecule has 3 heterocycles. The first kappa shape index (κ1) is 23.5. The molecule has 36 heavy (non-hydrogen) atoms. The van der Waals surface area contributed by atoms with Crippen LogP contribution in [0.5, 0.6) is 0 Å². The largest absolute Gasteiger partial charge is 0.302 e. The Bertz CT molecular complexity index is 1280. The summed E-state index contributed by atoms with van der Waals surface area (Å²) in [7, 11) is 0. The minimum atomic E-state index is 0.0197. The molecule has 2 aliphatic heterocycles. The van der Waals surface area contributed by atoms with Crippen LogP contribution >= 0.6 is 0 Å². The topological polar surface area (TPSA) is 32.3 Å². The van der Waals surface area contributed by atoms with Crippen molar-refractivity contribution in [2.75, 3.05) is 9.80 Å². The molecule has 4 heteroatoms. The Labute approximate surface area is 216 Å². The number of benzene rings is 2. The summed E-state index contributed by atoms with van der Waals surface area (Å²) >= 11 is 0. The van der Waals surface area contributed by atoms with Crippen LogP contribution < -0.4 is 9.80 Å². The van der Waals surface area contributed by atoms with Crippen molar-refractivity contribution in [3.05, 3.63) is 71.5 Å². The van der Waals surface area contributed by atoms with Crippen molar-refractivity contribution in [2.24, 2.45) is 5.92 Å². The molecule has 0 saturated heterocycles. The first-order valence-electron chi connectivity index (χ1n) is 13.9. The number of hydrogen-bond donors (Lipinski definition) is 0. The zero-order valence-electron chi connectivity index (χ0n) is 22.8. The summed E-state index contributed by atoms with van der Waals surface area (Å²) in [6.07, 6.45) is 5.86. The van der Waals surface area contributed by atoms with Crippen molar-refractivity contribution in [1.29, 1.82) is 0 Å². The van der Waals surface area contributed by atoms with Crippen LogP contribution in [0, 0.1) is 5.92 Å². The molecule has 0 fully saturated rings. The van der Waals surface area contributed by atoms with E-state index in [4.69, 9.17) is 9.97 Å². The van der Waals surface area contributed by atoms with E-state index in [0.29, 0.717) is 11.8 Å². The van der Waals surface area contributed by atoms with E-state index < -0.39 is 0 Å². The van der Waals surface area contributed by atoms with E-state index in [0.717, 1.165) is 37.3 Å². The smallest absolute Gasteiger partial charge is 0.178 e. The van der Waals surface area contributed by atoms with Gasteiger partial charge in [0.2, 0.25) is 0 Å². The molecule has 0 N–H and O–H groups in total. The van der Waals surface area contributed by atoms with Crippen LogP contribution in [0.3, 0.4) is 0 Å². The number of para-hydroxylation sites is 2. The minimum Gasteiger partial charge on any atom is -0.302 e. The number of rotatable bonds is 3. The SMILES string of the molecule is CCC1CC2N(c3ccccc3)c3nc4c(nc3N2c2ccccc2C1CC)C(C)(C)CCC4(C)C. The van der Waals surface area contributed by atoms with Crippen LogP contribution in [0.2, 0.25) is 0 Å². The van der Waals surface area contributed by atoms with Gasteiger partial charge in [0.25, 0.3) is 0 Å². The Morgan fingerprint density at radius 2 is 1.33 bits per heavy atom. The summed E-state index contributed by atoms with van der Waals surface area (Å²) in [5.41, 5.74) is 6.39. The summed E-state index contributed by atoms with van der Waals surface area (Å²) in [6, 6.07) is 19.9. The maximum atomic E-state index is 5.57. The maximum absolute atomic E-state index is 5.57. The third-order valence-electron chi connectivity index (χ3n) is 9.25. The molecular weight excluding hydrogens is 440 g/mol. The standard InChI is InChI=1S/C32H40N4/c1-7-21-20-26-35(22-14-10-9-11-15-22)29-30(36(26)25-17-13-12-16-24(25)23(21)8-2)34-28-27(33-29)31(3,4)18-19-32(28,5)6/h9-17,21,23,26H,7-8,18-20H2,1-6H3. The Balaban J connectivity index is 1.66. The lowest BCUT2D eigenvalue weighted by Crippen LogP contribution is -2.39. The predicted molar refractivity (Wildman–Crippen MR) is 150 cm³/mol. The molecule has 3 aliphatic rings. The lowest BCUT2D eigenvalue weighted by atomic mass is 9.67. The number of fused-ring (bicyclic) bond motifs is 6. The Morgan fingerprint density at radius 3 is 1.94 bits per heavy atom. The normalized spacial score (nSPS) is 25.4. The molecule has 6 rings (SSSR count). The molecule has 3 aromatic rings. The van der Waals surface area contributed by atoms with Gasteiger partial charge < -0.3 is 9.80 Å². The second-order valence-electron chi connectivity index (χ2n) is 12.4. The van der Waals surface area contributed by atoms with Gasteiger partial charge in [-0.15, -0.1) is 0 Å². The molecule has 0 saturated carbocycles. The number of aromatic nitrogens is 2. The summed E-state index contributed by atoms with van der Waals surface area (Å²) in [5, 5.41) is 0. The molecule has 188 valence electrons.